The summed E-state index contributed by atoms with van der Waals surface area (Å²) in [4.78, 5) is 11.6. The van der Waals surface area contributed by atoms with Crippen LogP contribution in [-0.2, 0) is 4.79 Å². The van der Waals surface area contributed by atoms with Gasteiger partial charge in [-0.2, -0.15) is 5.10 Å². The van der Waals surface area contributed by atoms with E-state index in [-0.39, 0.29) is 5.91 Å². The Hall–Kier alpha value is -1.58. The van der Waals surface area contributed by atoms with E-state index in [0.29, 0.717) is 17.9 Å². The van der Waals surface area contributed by atoms with E-state index in [1.807, 2.05) is 26.0 Å². The van der Waals surface area contributed by atoms with Crippen molar-refractivity contribution in [2.24, 2.45) is 5.10 Å². The minimum absolute atomic E-state index is 0.0249. The number of furan rings is 1. The molecule has 1 aromatic rings. The van der Waals surface area contributed by atoms with Crippen LogP contribution in [0.2, 0.25) is 0 Å². The van der Waals surface area contributed by atoms with Crippen molar-refractivity contribution >= 4 is 11.6 Å². The molecule has 1 heterocycles. The van der Waals surface area contributed by atoms with Crippen LogP contribution in [0.1, 0.15) is 70.3 Å². The molecule has 1 N–H and O–H groups in total. The molecular formula is C16H26N2O2. The Kier molecular flexibility index (Phi) is 7.70. The van der Waals surface area contributed by atoms with Gasteiger partial charge in [-0.1, -0.05) is 39.0 Å². The van der Waals surface area contributed by atoms with Crippen LogP contribution >= 0.6 is 0 Å². The third kappa shape index (κ3) is 6.55. The lowest BCUT2D eigenvalue weighted by molar-refractivity contribution is -0.121. The quantitative estimate of drug-likeness (QED) is 0.418. The smallest absolute Gasteiger partial charge is 0.240 e. The highest BCUT2D eigenvalue weighted by atomic mass is 16.3. The monoisotopic (exact) mass is 278 g/mol. The first-order valence-electron chi connectivity index (χ1n) is 7.53. The van der Waals surface area contributed by atoms with Gasteiger partial charge in [0.1, 0.15) is 17.2 Å². The van der Waals surface area contributed by atoms with E-state index in [9.17, 15) is 4.79 Å². The summed E-state index contributed by atoms with van der Waals surface area (Å²) < 4.78 is 5.43. The van der Waals surface area contributed by atoms with Crippen LogP contribution in [0.25, 0.3) is 0 Å². The van der Waals surface area contributed by atoms with Gasteiger partial charge in [0.25, 0.3) is 0 Å². The fraction of sp³-hybridized carbons (Fsp3) is 0.625. The molecule has 0 saturated carbocycles. The van der Waals surface area contributed by atoms with Crippen LogP contribution in [0.15, 0.2) is 21.7 Å². The van der Waals surface area contributed by atoms with E-state index in [0.717, 1.165) is 18.6 Å². The number of hydrogen-bond donors (Lipinski definition) is 1. The molecule has 1 amide bonds. The molecule has 0 aliphatic heterocycles. The lowest BCUT2D eigenvalue weighted by Crippen LogP contribution is -2.18. The average molecular weight is 278 g/mol. The number of carbonyl (C=O) groups excluding carboxylic acids is 1. The van der Waals surface area contributed by atoms with Gasteiger partial charge in [0.05, 0.1) is 0 Å². The van der Waals surface area contributed by atoms with E-state index in [1.165, 1.54) is 25.7 Å². The van der Waals surface area contributed by atoms with Crippen molar-refractivity contribution in [3.63, 3.8) is 0 Å². The predicted molar refractivity (Wildman–Crippen MR) is 81.8 cm³/mol. The molecule has 0 bridgehead atoms. The van der Waals surface area contributed by atoms with Crippen molar-refractivity contribution in [2.75, 3.05) is 0 Å². The summed E-state index contributed by atoms with van der Waals surface area (Å²) in [6.45, 7) is 5.91. The van der Waals surface area contributed by atoms with Gasteiger partial charge in [0.2, 0.25) is 5.91 Å². The molecule has 1 rings (SSSR count). The van der Waals surface area contributed by atoms with Crippen molar-refractivity contribution in [3.8, 4) is 0 Å². The molecule has 0 unspecified atom stereocenters. The molecule has 20 heavy (non-hydrogen) atoms. The molecule has 0 aromatic carbocycles. The van der Waals surface area contributed by atoms with Gasteiger partial charge in [0, 0.05) is 6.42 Å². The molecule has 0 saturated heterocycles. The number of amides is 1. The maximum atomic E-state index is 11.6. The second-order valence-electron chi connectivity index (χ2n) is 5.16. The Labute approximate surface area is 121 Å². The van der Waals surface area contributed by atoms with E-state index in [4.69, 9.17) is 4.42 Å². The Morgan fingerprint density at radius 3 is 2.55 bits per heavy atom. The molecule has 1 aromatic heterocycles. The van der Waals surface area contributed by atoms with Crippen LogP contribution in [-0.4, -0.2) is 11.6 Å². The van der Waals surface area contributed by atoms with Crippen molar-refractivity contribution in [2.45, 2.75) is 65.7 Å². The Morgan fingerprint density at radius 2 is 1.90 bits per heavy atom. The standard InChI is InChI=1S/C16H26N2O2/c1-4-5-6-7-8-9-10-16(19)18-17-14(3)15-12-11-13(2)20-15/h11-12H,4-10H2,1-3H3,(H,18,19)/b17-14+. The van der Waals surface area contributed by atoms with Gasteiger partial charge >= 0.3 is 0 Å². The van der Waals surface area contributed by atoms with Crippen LogP contribution < -0.4 is 5.43 Å². The highest BCUT2D eigenvalue weighted by molar-refractivity contribution is 5.96. The minimum Gasteiger partial charge on any atom is -0.460 e. The number of unbranched alkanes of at least 4 members (excludes halogenated alkanes) is 5. The number of nitrogens with zero attached hydrogens (tertiary/aromatic N) is 1. The summed E-state index contributed by atoms with van der Waals surface area (Å²) in [7, 11) is 0. The topological polar surface area (TPSA) is 54.6 Å². The molecule has 4 nitrogen and oxygen atoms in total. The van der Waals surface area contributed by atoms with Crippen molar-refractivity contribution < 1.29 is 9.21 Å². The Balaban J connectivity index is 2.19. The van der Waals surface area contributed by atoms with Gasteiger partial charge in [-0.25, -0.2) is 5.43 Å². The fourth-order valence-corrected chi connectivity index (χ4v) is 1.95. The van der Waals surface area contributed by atoms with E-state index in [2.05, 4.69) is 17.5 Å². The van der Waals surface area contributed by atoms with Crippen molar-refractivity contribution in [1.29, 1.82) is 0 Å². The molecule has 0 spiro atoms. The summed E-state index contributed by atoms with van der Waals surface area (Å²) in [5, 5.41) is 4.06. The minimum atomic E-state index is -0.0249. The van der Waals surface area contributed by atoms with Gasteiger partial charge < -0.3 is 4.42 Å². The van der Waals surface area contributed by atoms with Gasteiger partial charge in [-0.15, -0.1) is 0 Å². The number of rotatable bonds is 9. The third-order valence-electron chi connectivity index (χ3n) is 3.20. The molecular weight excluding hydrogens is 252 g/mol. The maximum absolute atomic E-state index is 11.6. The first-order valence-corrected chi connectivity index (χ1v) is 7.53. The molecule has 112 valence electrons. The fourth-order valence-electron chi connectivity index (χ4n) is 1.95. The molecule has 0 aliphatic rings. The lowest BCUT2D eigenvalue weighted by atomic mass is 10.1. The second-order valence-corrected chi connectivity index (χ2v) is 5.16. The zero-order valence-electron chi connectivity index (χ0n) is 12.9. The van der Waals surface area contributed by atoms with Gasteiger partial charge in [0.15, 0.2) is 0 Å². The largest absolute Gasteiger partial charge is 0.460 e. The third-order valence-corrected chi connectivity index (χ3v) is 3.20. The summed E-state index contributed by atoms with van der Waals surface area (Å²) in [6, 6.07) is 3.74. The van der Waals surface area contributed by atoms with Crippen LogP contribution in [0, 0.1) is 6.92 Å². The SMILES string of the molecule is CCCCCCCCC(=O)N/N=C(\C)c1ccc(C)o1. The Morgan fingerprint density at radius 1 is 1.20 bits per heavy atom. The zero-order valence-corrected chi connectivity index (χ0v) is 12.9. The van der Waals surface area contributed by atoms with Gasteiger partial charge in [-0.3, -0.25) is 4.79 Å². The normalized spacial score (nSPS) is 11.7. The average Bonchev–Trinajstić information content (AvgIpc) is 2.86. The summed E-state index contributed by atoms with van der Waals surface area (Å²) in [5.74, 6) is 1.51. The van der Waals surface area contributed by atoms with Crippen LogP contribution in [0.4, 0.5) is 0 Å². The molecule has 4 heteroatoms. The molecule has 0 aliphatic carbocycles. The van der Waals surface area contributed by atoms with Crippen molar-refractivity contribution in [1.82, 2.24) is 5.43 Å². The maximum Gasteiger partial charge on any atom is 0.240 e. The summed E-state index contributed by atoms with van der Waals surface area (Å²) in [6.07, 6.45) is 7.62. The number of aryl methyl sites for hydroxylation is 1. The van der Waals surface area contributed by atoms with Crippen LogP contribution in [0.3, 0.4) is 0 Å². The Bertz CT molecular complexity index is 435. The highest BCUT2D eigenvalue weighted by Gasteiger charge is 2.04. The van der Waals surface area contributed by atoms with E-state index in [1.54, 1.807) is 0 Å². The molecule has 0 fully saturated rings. The first kappa shape index (κ1) is 16.5. The number of carbonyl (C=O) groups is 1. The van der Waals surface area contributed by atoms with E-state index < -0.39 is 0 Å². The first-order chi connectivity index (χ1) is 9.63. The lowest BCUT2D eigenvalue weighted by Gasteiger charge is -2.02. The van der Waals surface area contributed by atoms with Gasteiger partial charge in [-0.05, 0) is 32.4 Å². The number of nitrogens with one attached hydrogen (secondary N) is 1. The number of hydrazone groups is 1. The van der Waals surface area contributed by atoms with Crippen LogP contribution in [0.5, 0.6) is 0 Å². The summed E-state index contributed by atoms with van der Waals surface area (Å²) in [5.41, 5.74) is 3.27. The predicted octanol–water partition coefficient (Wildman–Crippen LogP) is 4.18. The molecule has 0 radical (unpaired) electrons. The van der Waals surface area contributed by atoms with Crippen molar-refractivity contribution in [3.05, 3.63) is 23.7 Å². The highest BCUT2D eigenvalue weighted by Crippen LogP contribution is 2.08. The summed E-state index contributed by atoms with van der Waals surface area (Å²) >= 11 is 0. The second kappa shape index (κ2) is 9.34. The molecule has 0 atom stereocenters. The zero-order chi connectivity index (χ0) is 14.8. The number of hydrogen-bond acceptors (Lipinski definition) is 3. The van der Waals surface area contributed by atoms with E-state index >= 15 is 0 Å².